The molecule has 35 nitrogen and oxygen atoms in total. The van der Waals surface area contributed by atoms with Crippen molar-refractivity contribution < 1.29 is 86.6 Å². The second-order valence-electron chi connectivity index (χ2n) is 17.2. The lowest BCUT2D eigenvalue weighted by atomic mass is 10.2. The summed E-state index contributed by atoms with van der Waals surface area (Å²) < 4.78 is 0. The number of nitrogens with one attached hydrogen (secondary N) is 16. The van der Waals surface area contributed by atoms with Gasteiger partial charge in [-0.1, -0.05) is 0 Å². The first-order valence-corrected chi connectivity index (χ1v) is 24.6. The number of carboxylic acid groups (broad SMARTS) is 1. The minimum atomic E-state index is -1.33. The number of carbonyl (C=O) groups excluding carboxylic acids is 16. The lowest BCUT2D eigenvalue weighted by Crippen LogP contribution is -2.54. The molecule has 9 atom stereocenters. The van der Waals surface area contributed by atoms with Gasteiger partial charge in [-0.3, -0.25) is 76.7 Å². The maximum atomic E-state index is 12.5. The molecule has 16 amide bonds. The van der Waals surface area contributed by atoms with Gasteiger partial charge in [0.1, 0.15) is 48.3 Å². The predicted molar refractivity (Wildman–Crippen MR) is 274 cm³/mol. The fourth-order valence-corrected chi connectivity index (χ4v) is 5.76. The van der Waals surface area contributed by atoms with Gasteiger partial charge in [0, 0.05) is 5.75 Å². The summed E-state index contributed by atoms with van der Waals surface area (Å²) in [4.78, 5) is 207. The summed E-state index contributed by atoms with van der Waals surface area (Å²) in [5.74, 6) is -14.3. The van der Waals surface area contributed by atoms with Gasteiger partial charge in [-0.05, 0) is 55.4 Å². The van der Waals surface area contributed by atoms with Crippen molar-refractivity contribution in [3.63, 3.8) is 0 Å². The molecule has 0 fully saturated rings. The highest BCUT2D eigenvalue weighted by molar-refractivity contribution is 7.80. The van der Waals surface area contributed by atoms with Gasteiger partial charge in [0.2, 0.25) is 94.5 Å². The second kappa shape index (κ2) is 36.4. The van der Waals surface area contributed by atoms with Gasteiger partial charge in [-0.2, -0.15) is 12.6 Å². The molecule has 0 aromatic heterocycles. The molecule has 0 aliphatic rings. The second-order valence-corrected chi connectivity index (χ2v) is 17.6. The summed E-state index contributed by atoms with van der Waals surface area (Å²) in [5, 5.41) is 45.0. The number of aliphatic carboxylic acids is 1. The largest absolute Gasteiger partial charge is 0.480 e. The molecule has 0 aliphatic carbocycles. The van der Waals surface area contributed by atoms with Crippen molar-refractivity contribution in [3.8, 4) is 0 Å². The number of hydrogen-bond acceptors (Lipinski definition) is 19. The van der Waals surface area contributed by atoms with E-state index in [2.05, 4.69) is 97.7 Å². The minimum Gasteiger partial charge on any atom is -0.480 e. The van der Waals surface area contributed by atoms with Crippen LogP contribution in [0.2, 0.25) is 0 Å². The molecule has 0 bridgehead atoms. The van der Waals surface area contributed by atoms with Gasteiger partial charge >= 0.3 is 5.97 Å². The molecule has 0 aliphatic heterocycles. The summed E-state index contributed by atoms with van der Waals surface area (Å²) >= 11 is 3.80. The number of nitrogens with two attached hydrogens (primary N) is 1. The molecule has 0 aromatic carbocycles. The van der Waals surface area contributed by atoms with Crippen LogP contribution < -0.4 is 90.8 Å². The molecule has 79 heavy (non-hydrogen) atoms. The first kappa shape index (κ1) is 70.3. The Labute approximate surface area is 457 Å². The third-order valence-corrected chi connectivity index (χ3v) is 10.4. The van der Waals surface area contributed by atoms with Gasteiger partial charge in [0.05, 0.1) is 58.4 Å². The van der Waals surface area contributed by atoms with Crippen molar-refractivity contribution in [2.45, 2.75) is 110 Å². The van der Waals surface area contributed by atoms with Crippen molar-refractivity contribution in [2.24, 2.45) is 5.73 Å². The van der Waals surface area contributed by atoms with Gasteiger partial charge < -0.3 is 95.9 Å². The molecule has 0 unspecified atom stereocenters. The summed E-state index contributed by atoms with van der Waals surface area (Å²) in [6.07, 6.45) is 0. The van der Waals surface area contributed by atoms with Crippen LogP contribution in [0.15, 0.2) is 0 Å². The topological polar surface area (TPSA) is 529 Å². The van der Waals surface area contributed by atoms with Crippen molar-refractivity contribution in [3.05, 3.63) is 0 Å². The highest BCUT2D eigenvalue weighted by Gasteiger charge is 2.25. The van der Waals surface area contributed by atoms with E-state index in [1.165, 1.54) is 55.4 Å². The Morgan fingerprint density at radius 1 is 0.304 bits per heavy atom. The Balaban J connectivity index is 4.53. The third-order valence-electron chi connectivity index (χ3n) is 10.0. The van der Waals surface area contributed by atoms with Crippen LogP contribution in [0.1, 0.15) is 55.4 Å². The number of thiol groups is 1. The van der Waals surface area contributed by atoms with Gasteiger partial charge in [-0.15, -0.1) is 0 Å². The van der Waals surface area contributed by atoms with E-state index in [0.717, 1.165) is 0 Å². The Hall–Kier alpha value is -8.70. The molecule has 0 saturated carbocycles. The Kier molecular flexibility index (Phi) is 32.4. The zero-order valence-corrected chi connectivity index (χ0v) is 45.4. The van der Waals surface area contributed by atoms with E-state index < -0.39 is 207 Å². The standard InChI is InChI=1S/C43H71N17O18S/c1-18(44)35(69)45-9-27(61)53-19(2)36(70)46-10-28(62)54-20(3)37(71)47-11-29(63)55-21(4)38(72)48-12-30(64)56-22(5)39(73)49-13-31(65)57-23(6)40(74)50-14-32(66)58-24(7)41(75)51-15-33(67)59-25(8)42(76)52-16-34(68)60-26(17-79)43(77)78/h18-26,79H,9-17,44H2,1-8H3,(H,45,69)(H,46,70)(H,47,71)(H,48,72)(H,49,73)(H,50,74)(H,51,75)(H,52,76)(H,53,61)(H,54,62)(H,55,63)(H,56,64)(H,57,65)(H,58,66)(H,59,67)(H,60,68)(H,77,78)/t18-,19-,20-,21-,22-,23-,24-,25-,26-/m0/s1. The van der Waals surface area contributed by atoms with E-state index in [9.17, 15) is 81.5 Å². The molecule has 36 heteroatoms. The summed E-state index contributed by atoms with van der Waals surface area (Å²) in [6, 6.07) is -10.5. The average Bonchev–Trinajstić information content (AvgIpc) is 3.38. The summed E-state index contributed by atoms with van der Waals surface area (Å²) in [7, 11) is 0. The zero-order valence-electron chi connectivity index (χ0n) is 44.5. The van der Waals surface area contributed by atoms with Gasteiger partial charge in [0.15, 0.2) is 0 Å². The molecule has 19 N–H and O–H groups in total. The number of carboxylic acids is 1. The van der Waals surface area contributed by atoms with Crippen LogP contribution in [0, 0.1) is 0 Å². The lowest BCUT2D eigenvalue weighted by Gasteiger charge is -2.18. The quantitative estimate of drug-likeness (QED) is 0.0266. The molecule has 442 valence electrons. The van der Waals surface area contributed by atoms with Crippen LogP contribution in [0.3, 0.4) is 0 Å². The summed E-state index contributed by atoms with van der Waals surface area (Å²) in [6.45, 7) is 5.47. The van der Waals surface area contributed by atoms with Gasteiger partial charge in [-0.25, -0.2) is 4.79 Å². The molecule has 0 rings (SSSR count). The Morgan fingerprint density at radius 2 is 0.456 bits per heavy atom. The van der Waals surface area contributed by atoms with E-state index in [4.69, 9.17) is 10.8 Å². The number of amides is 16. The molecule has 0 aromatic rings. The average molecular weight is 1150 g/mol. The van der Waals surface area contributed by atoms with Crippen LogP contribution in [0.4, 0.5) is 0 Å². The van der Waals surface area contributed by atoms with Crippen LogP contribution >= 0.6 is 12.6 Å². The Morgan fingerprint density at radius 3 is 0.595 bits per heavy atom. The van der Waals surface area contributed by atoms with Crippen LogP contribution in [-0.2, 0) is 81.5 Å². The number of rotatable bonds is 34. The fourth-order valence-electron chi connectivity index (χ4n) is 5.51. The monoisotopic (exact) mass is 1150 g/mol. The highest BCUT2D eigenvalue weighted by Crippen LogP contribution is 1.92. The van der Waals surface area contributed by atoms with Crippen molar-refractivity contribution in [2.75, 3.05) is 58.1 Å². The predicted octanol–water partition coefficient (Wildman–Crippen LogP) is -11.7. The number of hydrogen-bond donors (Lipinski definition) is 19. The summed E-state index contributed by atoms with van der Waals surface area (Å²) in [5.41, 5.74) is 5.39. The first-order valence-electron chi connectivity index (χ1n) is 23.9. The van der Waals surface area contributed by atoms with Crippen molar-refractivity contribution >= 4 is 113 Å². The highest BCUT2D eigenvalue weighted by atomic mass is 32.1. The van der Waals surface area contributed by atoms with E-state index >= 15 is 0 Å². The van der Waals surface area contributed by atoms with E-state index in [1.807, 2.05) is 0 Å². The van der Waals surface area contributed by atoms with Crippen molar-refractivity contribution in [1.29, 1.82) is 0 Å². The smallest absolute Gasteiger partial charge is 0.327 e. The lowest BCUT2D eigenvalue weighted by molar-refractivity contribution is -0.141. The zero-order chi connectivity index (χ0) is 60.7. The third kappa shape index (κ3) is 30.6. The normalized spacial score (nSPS) is 13.8. The SMILES string of the molecule is C[C@H](N)C(=O)NCC(=O)N[C@@H](C)C(=O)NCC(=O)N[C@@H](C)C(=O)NCC(=O)N[C@@H](C)C(=O)NCC(=O)N[C@@H](C)C(=O)NCC(=O)N[C@@H](C)C(=O)NCC(=O)N[C@@H](C)C(=O)NCC(=O)N[C@@H](C)C(=O)NCC(=O)N[C@@H](CS)C(=O)O. The van der Waals surface area contributed by atoms with E-state index in [1.54, 1.807) is 0 Å². The molecule has 0 saturated heterocycles. The number of carbonyl (C=O) groups is 17. The maximum Gasteiger partial charge on any atom is 0.327 e. The fraction of sp³-hybridized carbons (Fsp3) is 0.605. The molecular formula is C43H71N17O18S. The van der Waals surface area contributed by atoms with E-state index in [-0.39, 0.29) is 5.75 Å². The van der Waals surface area contributed by atoms with Crippen LogP contribution in [-0.4, -0.2) is 218 Å². The van der Waals surface area contributed by atoms with E-state index in [0.29, 0.717) is 0 Å². The minimum absolute atomic E-state index is 0.197. The van der Waals surface area contributed by atoms with Gasteiger partial charge in [0.25, 0.3) is 0 Å². The molecule has 0 radical (unpaired) electrons. The van der Waals surface area contributed by atoms with Crippen molar-refractivity contribution in [1.82, 2.24) is 85.1 Å². The van der Waals surface area contributed by atoms with Crippen LogP contribution in [0.25, 0.3) is 0 Å². The Bertz CT molecular complexity index is 2290. The maximum absolute atomic E-state index is 12.5. The molecule has 0 heterocycles. The van der Waals surface area contributed by atoms with Crippen LogP contribution in [0.5, 0.6) is 0 Å². The molecule has 0 spiro atoms. The molecular weight excluding hydrogens is 1070 g/mol. The first-order chi connectivity index (χ1) is 36.8.